The Kier molecular flexibility index (Phi) is 4.66. The number of benzene rings is 2. The van der Waals surface area contributed by atoms with Gasteiger partial charge in [0.2, 0.25) is 0 Å². The normalized spacial score (nSPS) is 16.0. The van der Waals surface area contributed by atoms with Crippen molar-refractivity contribution in [1.29, 1.82) is 0 Å². The van der Waals surface area contributed by atoms with E-state index in [9.17, 15) is 14.9 Å². The van der Waals surface area contributed by atoms with E-state index >= 15 is 0 Å². The lowest BCUT2D eigenvalue weighted by Gasteiger charge is -2.14. The third-order valence-corrected chi connectivity index (χ3v) is 4.82. The maximum absolute atomic E-state index is 12.6. The van der Waals surface area contributed by atoms with Crippen molar-refractivity contribution in [2.75, 3.05) is 4.90 Å². The van der Waals surface area contributed by atoms with Gasteiger partial charge in [-0.3, -0.25) is 19.8 Å². The number of para-hydroxylation sites is 1. The standard InChI is InChI=1S/C16H9ClN2O3S2/c17-11-5-3-6-12(9-11)18-15(20)14(24-16(18)23)8-10-4-1-2-7-13(10)19(21)22/h1-9H. The van der Waals surface area contributed by atoms with Crippen LogP contribution in [0, 0.1) is 10.1 Å². The Labute approximate surface area is 152 Å². The lowest BCUT2D eigenvalue weighted by Crippen LogP contribution is -2.27. The fourth-order valence-electron chi connectivity index (χ4n) is 2.22. The number of rotatable bonds is 3. The van der Waals surface area contributed by atoms with Crippen molar-refractivity contribution in [3.63, 3.8) is 0 Å². The molecule has 24 heavy (non-hydrogen) atoms. The van der Waals surface area contributed by atoms with Crippen LogP contribution in [0.4, 0.5) is 11.4 Å². The van der Waals surface area contributed by atoms with Crippen molar-refractivity contribution < 1.29 is 9.72 Å². The number of carbonyl (C=O) groups excluding carboxylic acids is 1. The van der Waals surface area contributed by atoms with Gasteiger partial charge in [0.15, 0.2) is 4.32 Å². The quantitative estimate of drug-likeness (QED) is 0.337. The molecule has 2 aromatic rings. The fourth-order valence-corrected chi connectivity index (χ4v) is 3.70. The minimum absolute atomic E-state index is 0.0643. The van der Waals surface area contributed by atoms with E-state index in [4.69, 9.17) is 23.8 Å². The van der Waals surface area contributed by atoms with E-state index in [1.54, 1.807) is 42.5 Å². The summed E-state index contributed by atoms with van der Waals surface area (Å²) in [6.45, 7) is 0. The van der Waals surface area contributed by atoms with Gasteiger partial charge in [0.05, 0.1) is 21.1 Å². The highest BCUT2D eigenvalue weighted by Gasteiger charge is 2.33. The monoisotopic (exact) mass is 376 g/mol. The molecule has 1 saturated heterocycles. The first-order valence-corrected chi connectivity index (χ1v) is 8.34. The fraction of sp³-hybridized carbons (Fsp3) is 0. The van der Waals surface area contributed by atoms with Crippen molar-refractivity contribution in [3.05, 3.63) is 74.1 Å². The zero-order valence-electron chi connectivity index (χ0n) is 12.0. The Morgan fingerprint density at radius 3 is 2.67 bits per heavy atom. The Hall–Kier alpha value is -2.22. The molecule has 1 fully saturated rings. The number of nitrogens with zero attached hydrogens (tertiary/aromatic N) is 2. The number of thiocarbonyl (C=S) groups is 1. The number of nitro benzene ring substituents is 1. The summed E-state index contributed by atoms with van der Waals surface area (Å²) >= 11 is 12.3. The first kappa shape index (κ1) is 16.6. The molecule has 0 unspecified atom stereocenters. The highest BCUT2D eigenvalue weighted by Crippen LogP contribution is 2.37. The smallest absolute Gasteiger partial charge is 0.268 e. The third kappa shape index (κ3) is 3.19. The van der Waals surface area contributed by atoms with Crippen molar-refractivity contribution in [1.82, 2.24) is 0 Å². The Morgan fingerprint density at radius 2 is 1.96 bits per heavy atom. The zero-order chi connectivity index (χ0) is 17.3. The molecule has 0 atom stereocenters. The molecule has 0 aromatic heterocycles. The molecular formula is C16H9ClN2O3S2. The molecule has 1 aliphatic heterocycles. The van der Waals surface area contributed by atoms with Gasteiger partial charge in [0.25, 0.3) is 11.6 Å². The van der Waals surface area contributed by atoms with Gasteiger partial charge in [0.1, 0.15) is 0 Å². The summed E-state index contributed by atoms with van der Waals surface area (Å²) in [5, 5.41) is 11.6. The van der Waals surface area contributed by atoms with Crippen LogP contribution in [0.25, 0.3) is 6.08 Å². The van der Waals surface area contributed by atoms with Crippen LogP contribution in [0.2, 0.25) is 5.02 Å². The molecule has 1 heterocycles. The van der Waals surface area contributed by atoms with E-state index in [0.29, 0.717) is 25.5 Å². The number of nitro groups is 1. The maximum atomic E-state index is 12.6. The third-order valence-electron chi connectivity index (χ3n) is 3.28. The van der Waals surface area contributed by atoms with E-state index in [0.717, 1.165) is 11.8 Å². The number of hydrogen-bond donors (Lipinski definition) is 0. The lowest BCUT2D eigenvalue weighted by molar-refractivity contribution is -0.385. The highest BCUT2D eigenvalue weighted by atomic mass is 35.5. The van der Waals surface area contributed by atoms with Crippen LogP contribution in [-0.2, 0) is 4.79 Å². The molecule has 0 aliphatic carbocycles. The summed E-state index contributed by atoms with van der Waals surface area (Å²) in [6.07, 6.45) is 1.49. The minimum Gasteiger partial charge on any atom is -0.268 e. The first-order valence-electron chi connectivity index (χ1n) is 6.74. The van der Waals surface area contributed by atoms with Crippen LogP contribution in [0.5, 0.6) is 0 Å². The number of amides is 1. The van der Waals surface area contributed by atoms with Crippen LogP contribution in [-0.4, -0.2) is 15.2 Å². The van der Waals surface area contributed by atoms with Crippen LogP contribution in [0.1, 0.15) is 5.56 Å². The van der Waals surface area contributed by atoms with Crippen LogP contribution >= 0.6 is 35.6 Å². The zero-order valence-corrected chi connectivity index (χ0v) is 14.4. The van der Waals surface area contributed by atoms with Gasteiger partial charge in [-0.1, -0.05) is 53.8 Å². The Morgan fingerprint density at radius 1 is 1.21 bits per heavy atom. The summed E-state index contributed by atoms with van der Waals surface area (Å²) in [5.41, 5.74) is 0.857. The largest absolute Gasteiger partial charge is 0.276 e. The number of anilines is 1. The summed E-state index contributed by atoms with van der Waals surface area (Å²) in [5.74, 6) is -0.328. The molecule has 5 nitrogen and oxygen atoms in total. The predicted octanol–water partition coefficient (Wildman–Crippen LogP) is 4.65. The molecule has 0 spiro atoms. The number of hydrogen-bond acceptors (Lipinski definition) is 5. The second-order valence-electron chi connectivity index (χ2n) is 4.81. The van der Waals surface area contributed by atoms with Gasteiger partial charge in [-0.05, 0) is 30.3 Å². The molecule has 1 aliphatic rings. The molecule has 2 aromatic carbocycles. The average Bonchev–Trinajstić information content (AvgIpc) is 2.81. The highest BCUT2D eigenvalue weighted by molar-refractivity contribution is 8.27. The molecule has 0 N–H and O–H groups in total. The second kappa shape index (κ2) is 6.72. The van der Waals surface area contributed by atoms with Gasteiger partial charge in [-0.15, -0.1) is 0 Å². The summed E-state index contributed by atoms with van der Waals surface area (Å²) in [7, 11) is 0. The molecule has 0 saturated carbocycles. The molecule has 120 valence electrons. The topological polar surface area (TPSA) is 63.4 Å². The van der Waals surface area contributed by atoms with E-state index in [-0.39, 0.29) is 11.6 Å². The lowest BCUT2D eigenvalue weighted by atomic mass is 10.1. The summed E-state index contributed by atoms with van der Waals surface area (Å²) < 4.78 is 0.354. The summed E-state index contributed by atoms with van der Waals surface area (Å²) in [4.78, 5) is 25.0. The van der Waals surface area contributed by atoms with E-state index in [1.807, 2.05) is 0 Å². The molecule has 3 rings (SSSR count). The van der Waals surface area contributed by atoms with Crippen LogP contribution < -0.4 is 4.90 Å². The van der Waals surface area contributed by atoms with E-state index < -0.39 is 4.92 Å². The van der Waals surface area contributed by atoms with Gasteiger partial charge in [-0.25, -0.2) is 0 Å². The number of thioether (sulfide) groups is 1. The summed E-state index contributed by atoms with van der Waals surface area (Å²) in [6, 6.07) is 13.0. The molecule has 0 bridgehead atoms. The maximum Gasteiger partial charge on any atom is 0.276 e. The minimum atomic E-state index is -0.483. The van der Waals surface area contributed by atoms with Crippen molar-refractivity contribution in [2.24, 2.45) is 0 Å². The first-order chi connectivity index (χ1) is 11.5. The van der Waals surface area contributed by atoms with Gasteiger partial charge < -0.3 is 0 Å². The SMILES string of the molecule is O=C1C(=Cc2ccccc2[N+](=O)[O-])SC(=S)N1c1cccc(Cl)c1. The van der Waals surface area contributed by atoms with Crippen molar-refractivity contribution in [3.8, 4) is 0 Å². The Balaban J connectivity index is 1.99. The average molecular weight is 377 g/mol. The Bertz CT molecular complexity index is 898. The van der Waals surface area contributed by atoms with Gasteiger partial charge >= 0.3 is 0 Å². The molecule has 8 heteroatoms. The second-order valence-corrected chi connectivity index (χ2v) is 6.93. The van der Waals surface area contributed by atoms with E-state index in [2.05, 4.69) is 0 Å². The number of halogens is 1. The van der Waals surface area contributed by atoms with E-state index in [1.165, 1.54) is 17.0 Å². The molecule has 1 amide bonds. The van der Waals surface area contributed by atoms with Crippen LogP contribution in [0.3, 0.4) is 0 Å². The van der Waals surface area contributed by atoms with Gasteiger partial charge in [0, 0.05) is 11.1 Å². The predicted molar refractivity (Wildman–Crippen MR) is 100 cm³/mol. The van der Waals surface area contributed by atoms with Crippen LogP contribution in [0.15, 0.2) is 53.4 Å². The molecular weight excluding hydrogens is 368 g/mol. The number of carbonyl (C=O) groups is 1. The van der Waals surface area contributed by atoms with Crippen molar-refractivity contribution >= 4 is 63.3 Å². The van der Waals surface area contributed by atoms with Crippen molar-refractivity contribution in [2.45, 2.75) is 0 Å². The molecule has 0 radical (unpaired) electrons. The van der Waals surface area contributed by atoms with Gasteiger partial charge in [-0.2, -0.15) is 0 Å².